The lowest BCUT2D eigenvalue weighted by Gasteiger charge is -2.40. The molecule has 0 aliphatic carbocycles. The second kappa shape index (κ2) is 10.8. The molecule has 0 bridgehead atoms. The van der Waals surface area contributed by atoms with Gasteiger partial charge in [0, 0.05) is 57.2 Å². The number of benzene rings is 1. The summed E-state index contributed by atoms with van der Waals surface area (Å²) >= 11 is 0. The molecule has 0 spiro atoms. The van der Waals surface area contributed by atoms with Crippen molar-refractivity contribution in [3.63, 3.8) is 0 Å². The number of anilines is 1. The quantitative estimate of drug-likeness (QED) is 0.688. The molecule has 4 rings (SSSR count). The van der Waals surface area contributed by atoms with E-state index in [-0.39, 0.29) is 0 Å². The van der Waals surface area contributed by atoms with Crippen LogP contribution >= 0.6 is 0 Å². The summed E-state index contributed by atoms with van der Waals surface area (Å²) < 4.78 is 0. The molecule has 8 nitrogen and oxygen atoms in total. The molecule has 1 aromatic rings. The number of nitrogens with one attached hydrogen (secondary N) is 1. The van der Waals surface area contributed by atoms with Gasteiger partial charge in [0.1, 0.15) is 0 Å². The Bertz CT molecular complexity index is 669. The molecule has 8 heteroatoms. The number of rotatable bonds is 2. The van der Waals surface area contributed by atoms with Crippen molar-refractivity contribution in [2.75, 3.05) is 24.5 Å². The third kappa shape index (κ3) is 6.74. The average Bonchev–Trinajstić information content (AvgIpc) is 3.22. The van der Waals surface area contributed by atoms with Crippen molar-refractivity contribution in [3.8, 4) is 0 Å². The number of carboxylic acids is 2. The van der Waals surface area contributed by atoms with E-state index in [9.17, 15) is 4.79 Å². The fourth-order valence-electron chi connectivity index (χ4n) is 4.29. The molecule has 0 saturated carbocycles. The van der Waals surface area contributed by atoms with Crippen molar-refractivity contribution >= 4 is 23.5 Å². The van der Waals surface area contributed by atoms with Gasteiger partial charge in [0.15, 0.2) is 0 Å². The largest absolute Gasteiger partial charge is 0.481 e. The van der Waals surface area contributed by atoms with Crippen LogP contribution in [0.2, 0.25) is 0 Å². The highest BCUT2D eigenvalue weighted by atomic mass is 16.4. The van der Waals surface area contributed by atoms with Crippen molar-refractivity contribution in [1.29, 1.82) is 0 Å². The standard InChI is InChI=1S/C17H23N3O.2C2H4O2/c21-17-12-15-16(6-9-18-15)20(17)14-7-10-19(11-8-14)13-4-2-1-3-5-13;2*1-2(3)4/h1-5,14-16,18H,6-12H2;2*1H3,(H,3,4)/t15-,16-;;/m1../s1. The predicted octanol–water partition coefficient (Wildman–Crippen LogP) is 1.80. The van der Waals surface area contributed by atoms with Crippen molar-refractivity contribution < 1.29 is 24.6 Å². The van der Waals surface area contributed by atoms with Crippen LogP contribution in [0.3, 0.4) is 0 Å². The first-order chi connectivity index (χ1) is 13.8. The van der Waals surface area contributed by atoms with E-state index in [0.717, 1.165) is 52.7 Å². The molecule has 3 N–H and O–H groups in total. The Hall–Kier alpha value is -2.61. The minimum Gasteiger partial charge on any atom is -0.481 e. The number of hydrogen-bond acceptors (Lipinski definition) is 5. The molecule has 1 amide bonds. The average molecular weight is 405 g/mol. The van der Waals surface area contributed by atoms with Gasteiger partial charge >= 0.3 is 0 Å². The number of hydrogen-bond donors (Lipinski definition) is 3. The number of likely N-dealkylation sites (tertiary alicyclic amines) is 1. The fourth-order valence-corrected chi connectivity index (χ4v) is 4.29. The fraction of sp³-hybridized carbons (Fsp3) is 0.571. The summed E-state index contributed by atoms with van der Waals surface area (Å²) in [6.45, 7) is 5.36. The number of piperidine rings is 1. The van der Waals surface area contributed by atoms with Gasteiger partial charge in [-0.3, -0.25) is 14.4 Å². The highest BCUT2D eigenvalue weighted by Crippen LogP contribution is 2.32. The van der Waals surface area contributed by atoms with Gasteiger partial charge in [-0.2, -0.15) is 0 Å². The Morgan fingerprint density at radius 1 is 1.00 bits per heavy atom. The number of nitrogens with zero attached hydrogens (tertiary/aromatic N) is 2. The van der Waals surface area contributed by atoms with Gasteiger partial charge in [0.2, 0.25) is 5.91 Å². The smallest absolute Gasteiger partial charge is 0.300 e. The topological polar surface area (TPSA) is 110 Å². The van der Waals surface area contributed by atoms with Gasteiger partial charge in [0.05, 0.1) is 0 Å². The normalized spacial score (nSPS) is 23.4. The van der Waals surface area contributed by atoms with Crippen LogP contribution in [0.25, 0.3) is 0 Å². The van der Waals surface area contributed by atoms with E-state index in [1.54, 1.807) is 0 Å². The molecule has 0 unspecified atom stereocenters. The van der Waals surface area contributed by atoms with E-state index in [4.69, 9.17) is 19.8 Å². The molecule has 29 heavy (non-hydrogen) atoms. The zero-order chi connectivity index (χ0) is 21.4. The number of carbonyl (C=O) groups is 3. The Kier molecular flexibility index (Phi) is 8.45. The Morgan fingerprint density at radius 3 is 2.10 bits per heavy atom. The van der Waals surface area contributed by atoms with Gasteiger partial charge < -0.3 is 25.3 Å². The summed E-state index contributed by atoms with van der Waals surface area (Å²) in [6.07, 6.45) is 4.05. The van der Waals surface area contributed by atoms with Crippen LogP contribution in [0.5, 0.6) is 0 Å². The maximum Gasteiger partial charge on any atom is 0.300 e. The van der Waals surface area contributed by atoms with Crippen LogP contribution in [0.4, 0.5) is 5.69 Å². The molecule has 3 saturated heterocycles. The number of amides is 1. The van der Waals surface area contributed by atoms with E-state index in [1.807, 2.05) is 0 Å². The van der Waals surface area contributed by atoms with Crippen LogP contribution in [0, 0.1) is 0 Å². The van der Waals surface area contributed by atoms with Crippen LogP contribution in [0.15, 0.2) is 30.3 Å². The molecule has 3 heterocycles. The first-order valence-electron chi connectivity index (χ1n) is 10.0. The lowest BCUT2D eigenvalue weighted by molar-refractivity contribution is -0.135. The highest BCUT2D eigenvalue weighted by Gasteiger charge is 2.45. The van der Waals surface area contributed by atoms with Gasteiger partial charge in [-0.05, 0) is 37.9 Å². The number of carboxylic acid groups (broad SMARTS) is 2. The number of fused-ring (bicyclic) bond motifs is 1. The molecular formula is C21H31N3O5. The maximum atomic E-state index is 12.3. The molecule has 3 aliphatic heterocycles. The monoisotopic (exact) mass is 405 g/mol. The van der Waals surface area contributed by atoms with E-state index in [1.165, 1.54) is 5.69 Å². The first kappa shape index (κ1) is 22.7. The van der Waals surface area contributed by atoms with Crippen LogP contribution in [-0.4, -0.2) is 70.7 Å². The van der Waals surface area contributed by atoms with Crippen LogP contribution < -0.4 is 10.2 Å². The Morgan fingerprint density at radius 2 is 1.55 bits per heavy atom. The first-order valence-corrected chi connectivity index (χ1v) is 10.0. The lowest BCUT2D eigenvalue weighted by Crippen LogP contribution is -2.49. The molecule has 3 aliphatic rings. The van der Waals surface area contributed by atoms with Crippen molar-refractivity contribution in [2.24, 2.45) is 0 Å². The van der Waals surface area contributed by atoms with E-state index < -0.39 is 11.9 Å². The molecule has 0 aromatic heterocycles. The third-order valence-electron chi connectivity index (χ3n) is 5.33. The minimum absolute atomic E-state index is 0.371. The van der Waals surface area contributed by atoms with Crippen LogP contribution in [-0.2, 0) is 14.4 Å². The number of carbonyl (C=O) groups excluding carboxylic acids is 1. The van der Waals surface area contributed by atoms with Crippen molar-refractivity contribution in [3.05, 3.63) is 30.3 Å². The summed E-state index contributed by atoms with van der Waals surface area (Å²) in [6, 6.07) is 12.0. The van der Waals surface area contributed by atoms with Crippen molar-refractivity contribution in [2.45, 2.75) is 57.7 Å². The molecule has 2 atom stereocenters. The van der Waals surface area contributed by atoms with E-state index in [0.29, 0.717) is 30.5 Å². The van der Waals surface area contributed by atoms with E-state index >= 15 is 0 Å². The minimum atomic E-state index is -0.833. The van der Waals surface area contributed by atoms with Gasteiger partial charge in [-0.15, -0.1) is 0 Å². The van der Waals surface area contributed by atoms with Gasteiger partial charge in [0.25, 0.3) is 11.9 Å². The summed E-state index contributed by atoms with van der Waals surface area (Å²) in [7, 11) is 0. The second-order valence-corrected chi connectivity index (χ2v) is 7.51. The summed E-state index contributed by atoms with van der Waals surface area (Å²) in [4.78, 5) is 35.0. The molecule has 3 fully saturated rings. The summed E-state index contributed by atoms with van der Waals surface area (Å²) in [5.41, 5.74) is 1.31. The Balaban J connectivity index is 0.000000324. The second-order valence-electron chi connectivity index (χ2n) is 7.51. The molecule has 0 radical (unpaired) electrons. The zero-order valence-corrected chi connectivity index (χ0v) is 17.1. The predicted molar refractivity (Wildman–Crippen MR) is 110 cm³/mol. The SMILES string of the molecule is CC(=O)O.CC(=O)O.O=C1C[C@H]2NCC[C@H]2N1C1CCN(c2ccccc2)CC1. The molecule has 160 valence electrons. The number of para-hydroxylation sites is 1. The summed E-state index contributed by atoms with van der Waals surface area (Å²) in [5, 5.41) is 18.3. The highest BCUT2D eigenvalue weighted by molar-refractivity contribution is 5.80. The summed E-state index contributed by atoms with van der Waals surface area (Å²) in [5.74, 6) is -1.30. The lowest BCUT2D eigenvalue weighted by atomic mass is 10.0. The molecular weight excluding hydrogens is 374 g/mol. The van der Waals surface area contributed by atoms with E-state index in [2.05, 4.69) is 45.4 Å². The Labute approximate surface area is 171 Å². The molecule has 1 aromatic carbocycles. The van der Waals surface area contributed by atoms with Crippen LogP contribution in [0.1, 0.15) is 39.5 Å². The maximum absolute atomic E-state index is 12.3. The third-order valence-corrected chi connectivity index (χ3v) is 5.33. The number of aliphatic carboxylic acids is 2. The van der Waals surface area contributed by atoms with Crippen molar-refractivity contribution in [1.82, 2.24) is 10.2 Å². The van der Waals surface area contributed by atoms with Gasteiger partial charge in [-0.25, -0.2) is 0 Å². The van der Waals surface area contributed by atoms with Gasteiger partial charge in [-0.1, -0.05) is 18.2 Å². The zero-order valence-electron chi connectivity index (χ0n) is 17.1.